The Morgan fingerprint density at radius 1 is 1.33 bits per heavy atom. The molecule has 3 N–H and O–H groups in total. The van der Waals surface area contributed by atoms with Crippen LogP contribution in [0.1, 0.15) is 24.0 Å². The van der Waals surface area contributed by atoms with E-state index < -0.39 is 56.0 Å². The lowest BCUT2D eigenvalue weighted by atomic mass is 10.2. The van der Waals surface area contributed by atoms with Gasteiger partial charge in [0, 0.05) is 44.6 Å². The van der Waals surface area contributed by atoms with Gasteiger partial charge in [-0.25, -0.2) is 18.7 Å². The summed E-state index contributed by atoms with van der Waals surface area (Å²) in [6.45, 7) is 2.96. The van der Waals surface area contributed by atoms with Gasteiger partial charge < -0.3 is 24.4 Å². The average Bonchev–Trinajstić information content (AvgIpc) is 3.48. The number of carbonyl (C=O) groups excluding carboxylic acids is 1. The number of imidazole rings is 1. The van der Waals surface area contributed by atoms with Crippen molar-refractivity contribution in [3.05, 3.63) is 50.8 Å². The van der Waals surface area contributed by atoms with Crippen molar-refractivity contribution in [2.75, 3.05) is 46.9 Å². The normalized spacial score (nSPS) is 25.6. The Morgan fingerprint density at radius 2 is 2.10 bits per heavy atom. The van der Waals surface area contributed by atoms with Crippen molar-refractivity contribution in [3.8, 4) is 11.8 Å². The van der Waals surface area contributed by atoms with E-state index in [1.54, 1.807) is 0 Å². The number of nitrogens with one attached hydrogen (secondary N) is 1. The van der Waals surface area contributed by atoms with Gasteiger partial charge in [0.15, 0.2) is 6.61 Å². The maximum Gasteiger partial charge on any atom is 0.437 e. The highest BCUT2D eigenvalue weighted by molar-refractivity contribution is 7.51. The fraction of sp³-hybridized carbons (Fsp3) is 0.565. The van der Waals surface area contributed by atoms with Crippen LogP contribution in [0.5, 0.6) is 0 Å². The van der Waals surface area contributed by atoms with Crippen molar-refractivity contribution < 1.29 is 33.4 Å². The highest BCUT2D eigenvalue weighted by Crippen LogP contribution is 2.45. The predicted octanol–water partition coefficient (Wildman–Crippen LogP) is -1.50. The minimum atomic E-state index is -4.28. The molecule has 212 valence electrons. The third kappa shape index (κ3) is 6.74. The smallest absolute Gasteiger partial charge is 0.437 e. The lowest BCUT2D eigenvalue weighted by Gasteiger charge is -2.35. The topological polar surface area (TPSA) is 181 Å². The summed E-state index contributed by atoms with van der Waals surface area (Å²) < 4.78 is 30.6. The monoisotopic (exact) mass is 566 g/mol. The van der Waals surface area contributed by atoms with E-state index in [0.717, 1.165) is 22.0 Å². The molecule has 2 aromatic heterocycles. The first kappa shape index (κ1) is 28.9. The molecule has 5 atom stereocenters. The number of hydrogen-bond acceptors (Lipinski definition) is 11. The molecule has 0 radical (unpaired) electrons. The van der Waals surface area contributed by atoms with Gasteiger partial charge in [-0.15, -0.1) is 0 Å². The average molecular weight is 567 g/mol. The van der Waals surface area contributed by atoms with Gasteiger partial charge in [-0.1, -0.05) is 11.8 Å². The molecule has 4 heterocycles. The van der Waals surface area contributed by atoms with Gasteiger partial charge in [0.25, 0.3) is 5.56 Å². The van der Waals surface area contributed by atoms with Crippen LogP contribution in [-0.2, 0) is 23.4 Å². The van der Waals surface area contributed by atoms with E-state index in [1.165, 1.54) is 25.5 Å². The Kier molecular flexibility index (Phi) is 8.87. The maximum atomic E-state index is 12.5. The van der Waals surface area contributed by atoms with Crippen molar-refractivity contribution in [1.29, 1.82) is 0 Å². The summed E-state index contributed by atoms with van der Waals surface area (Å²) in [5.74, 6) is 5.05. The van der Waals surface area contributed by atoms with Crippen LogP contribution in [0.3, 0.4) is 0 Å². The molecule has 2 saturated heterocycles. The van der Waals surface area contributed by atoms with Gasteiger partial charge in [-0.2, -0.15) is 0 Å². The zero-order chi connectivity index (χ0) is 28.3. The molecule has 0 aliphatic carbocycles. The Labute approximate surface area is 223 Å². The number of hydrogen-bond donors (Lipinski definition) is 3. The molecular formula is C23H31N6O9P. The molecule has 0 saturated carbocycles. The van der Waals surface area contributed by atoms with Crippen LogP contribution in [-0.4, -0.2) is 110 Å². The summed E-state index contributed by atoms with van der Waals surface area (Å²) in [7, 11) is -0.517. The van der Waals surface area contributed by atoms with Gasteiger partial charge in [0.1, 0.15) is 29.8 Å². The Balaban J connectivity index is 1.39. The number of aromatic amines is 1. The van der Waals surface area contributed by atoms with Crippen LogP contribution in [0.4, 0.5) is 0 Å². The van der Waals surface area contributed by atoms with E-state index in [-0.39, 0.29) is 24.4 Å². The van der Waals surface area contributed by atoms with Gasteiger partial charge in [0.2, 0.25) is 0 Å². The van der Waals surface area contributed by atoms with E-state index in [0.29, 0.717) is 6.54 Å². The maximum absolute atomic E-state index is 12.5. The van der Waals surface area contributed by atoms with Gasteiger partial charge >= 0.3 is 19.4 Å². The summed E-state index contributed by atoms with van der Waals surface area (Å²) in [5, 5.41) is 10.4. The second kappa shape index (κ2) is 12.0. The number of aliphatic hydroxyl groups excluding tert-OH is 1. The van der Waals surface area contributed by atoms with Crippen molar-refractivity contribution in [3.63, 3.8) is 0 Å². The zero-order valence-electron chi connectivity index (χ0n) is 21.7. The summed E-state index contributed by atoms with van der Waals surface area (Å²) >= 11 is 0. The van der Waals surface area contributed by atoms with Crippen molar-refractivity contribution >= 4 is 13.7 Å². The molecule has 0 bridgehead atoms. The molecule has 2 aliphatic heterocycles. The summed E-state index contributed by atoms with van der Waals surface area (Å²) in [4.78, 5) is 57.3. The Bertz CT molecular complexity index is 1430. The molecule has 0 aromatic carbocycles. The molecule has 2 unspecified atom stereocenters. The number of carbonyl (C=O) groups is 1. The molecule has 15 nitrogen and oxygen atoms in total. The number of aliphatic hydroxyl groups is 1. The third-order valence-electron chi connectivity index (χ3n) is 6.60. The quantitative estimate of drug-likeness (QED) is 0.201. The number of piperazine rings is 1. The summed E-state index contributed by atoms with van der Waals surface area (Å²) in [6.07, 6.45) is 0.636. The molecule has 2 fully saturated rings. The number of rotatable bonds is 7. The van der Waals surface area contributed by atoms with E-state index in [4.69, 9.17) is 14.0 Å². The summed E-state index contributed by atoms with van der Waals surface area (Å²) in [6, 6.07) is -0.414. The number of aromatic nitrogens is 4. The number of nitrogens with zero attached hydrogens (tertiary/aromatic N) is 5. The van der Waals surface area contributed by atoms with Crippen molar-refractivity contribution in [2.45, 2.75) is 37.8 Å². The van der Waals surface area contributed by atoms with E-state index in [9.17, 15) is 28.9 Å². The Hall–Kier alpha value is -3.09. The van der Waals surface area contributed by atoms with Crippen LogP contribution < -0.4 is 11.2 Å². The number of esters is 1. The zero-order valence-corrected chi connectivity index (χ0v) is 22.6. The minimum absolute atomic E-state index is 0.0480. The molecule has 39 heavy (non-hydrogen) atoms. The molecule has 16 heteroatoms. The van der Waals surface area contributed by atoms with E-state index in [1.807, 2.05) is 23.9 Å². The van der Waals surface area contributed by atoms with Gasteiger partial charge in [-0.05, 0) is 21.0 Å². The lowest BCUT2D eigenvalue weighted by Crippen LogP contribution is -2.54. The SMILES string of the molecule is Cc1nccn1P(=O)(O)OC[C@H]1O[C@@H](n2cc(C#CCOC(=O)C3CN(C)CCN3C)c(=O)[nH]c2=O)C[C@H]1O. The fourth-order valence-corrected chi connectivity index (χ4v) is 5.41. The highest BCUT2D eigenvalue weighted by atomic mass is 31.2. The van der Waals surface area contributed by atoms with E-state index >= 15 is 0 Å². The first-order valence-electron chi connectivity index (χ1n) is 12.2. The predicted molar refractivity (Wildman–Crippen MR) is 136 cm³/mol. The largest absolute Gasteiger partial charge is 0.451 e. The number of aryl methyl sites for hydroxylation is 1. The van der Waals surface area contributed by atoms with Gasteiger partial charge in [0.05, 0.1) is 12.7 Å². The summed E-state index contributed by atoms with van der Waals surface area (Å²) in [5.41, 5.74) is -1.60. The first-order chi connectivity index (χ1) is 18.5. The van der Waals surface area contributed by atoms with Crippen molar-refractivity contribution in [1.82, 2.24) is 28.7 Å². The van der Waals surface area contributed by atoms with Crippen LogP contribution >= 0.6 is 7.75 Å². The van der Waals surface area contributed by atoms with Crippen LogP contribution in [0, 0.1) is 18.8 Å². The Morgan fingerprint density at radius 3 is 2.82 bits per heavy atom. The van der Waals surface area contributed by atoms with E-state index in [2.05, 4.69) is 21.8 Å². The molecule has 2 aliphatic rings. The van der Waals surface area contributed by atoms with Gasteiger partial charge in [-0.3, -0.25) is 28.6 Å². The molecule has 2 aromatic rings. The lowest BCUT2D eigenvalue weighted by molar-refractivity contribution is -0.150. The number of likely N-dealkylation sites (N-methyl/N-ethyl adjacent to an activating group) is 2. The fourth-order valence-electron chi connectivity index (χ4n) is 4.29. The number of H-pyrrole nitrogens is 1. The van der Waals surface area contributed by atoms with Crippen LogP contribution in [0.25, 0.3) is 0 Å². The molecule has 4 rings (SSSR count). The second-order valence-corrected chi connectivity index (χ2v) is 11.1. The second-order valence-electron chi connectivity index (χ2n) is 9.42. The molecule has 0 spiro atoms. The van der Waals surface area contributed by atoms with Crippen LogP contribution in [0.15, 0.2) is 28.2 Å². The first-order valence-corrected chi connectivity index (χ1v) is 13.7. The van der Waals surface area contributed by atoms with Crippen LogP contribution in [0.2, 0.25) is 0 Å². The van der Waals surface area contributed by atoms with Crippen molar-refractivity contribution in [2.24, 2.45) is 0 Å². The standard InChI is InChI=1S/C23H31N6O9P/c1-15-24-6-7-29(15)39(34,35)37-14-19-18(30)11-20(38-19)28-12-16(21(31)25-23(28)33)5-4-10-36-22(32)17-13-26(2)8-9-27(17)3/h6-7,12,17-20,30H,8-11,13-14H2,1-3H3,(H,34,35)(H,25,31,33)/t17?,18-,19-,20-/m1/s1. The minimum Gasteiger partial charge on any atom is -0.451 e. The highest BCUT2D eigenvalue weighted by Gasteiger charge is 2.38. The molecular weight excluding hydrogens is 535 g/mol. The number of ether oxygens (including phenoxy) is 2. The molecule has 0 amide bonds. The third-order valence-corrected chi connectivity index (χ3v) is 8.05.